The number of amides is 1. The monoisotopic (exact) mass is 415 g/mol. The number of nitrogens with zero attached hydrogens (tertiary/aromatic N) is 4. The standard InChI is InChI=1S/C23H21N5OS/c1-16-9-8-12-19(15-16)28-23(25-26-27-28)30-17(2)22(29)24-21-14-7-6-13-20(21)18-10-4-3-5-11-18/h3-15,17H,1-2H3,(H,24,29)/t17-/m1/s1. The van der Waals surface area contributed by atoms with Gasteiger partial charge in [-0.15, -0.1) is 5.10 Å². The molecular weight excluding hydrogens is 394 g/mol. The van der Waals surface area contributed by atoms with Crippen LogP contribution in [0.2, 0.25) is 0 Å². The first kappa shape index (κ1) is 19.8. The highest BCUT2D eigenvalue weighted by Crippen LogP contribution is 2.29. The van der Waals surface area contributed by atoms with Crippen molar-refractivity contribution in [3.05, 3.63) is 84.4 Å². The normalized spacial score (nSPS) is 11.8. The Kier molecular flexibility index (Phi) is 5.90. The smallest absolute Gasteiger partial charge is 0.237 e. The largest absolute Gasteiger partial charge is 0.325 e. The minimum absolute atomic E-state index is 0.109. The van der Waals surface area contributed by atoms with Crippen molar-refractivity contribution in [2.45, 2.75) is 24.3 Å². The van der Waals surface area contributed by atoms with Crippen molar-refractivity contribution in [2.24, 2.45) is 0 Å². The molecule has 4 rings (SSSR count). The van der Waals surface area contributed by atoms with E-state index in [9.17, 15) is 4.79 Å². The summed E-state index contributed by atoms with van der Waals surface area (Å²) in [6.07, 6.45) is 0. The van der Waals surface area contributed by atoms with Gasteiger partial charge in [-0.2, -0.15) is 4.68 Å². The molecule has 4 aromatic rings. The minimum atomic E-state index is -0.386. The highest BCUT2D eigenvalue weighted by molar-refractivity contribution is 8.00. The Hall–Kier alpha value is -3.45. The Labute approximate surface area is 179 Å². The number of aryl methyl sites for hydroxylation is 1. The molecule has 150 valence electrons. The number of hydrogen-bond acceptors (Lipinski definition) is 5. The van der Waals surface area contributed by atoms with Gasteiger partial charge >= 0.3 is 0 Å². The van der Waals surface area contributed by atoms with Gasteiger partial charge in [-0.05, 0) is 53.6 Å². The quantitative estimate of drug-likeness (QED) is 0.460. The van der Waals surface area contributed by atoms with Gasteiger partial charge in [0.15, 0.2) is 0 Å². The molecule has 7 heteroatoms. The van der Waals surface area contributed by atoms with Crippen molar-refractivity contribution in [1.29, 1.82) is 0 Å². The predicted octanol–water partition coefficient (Wildman–Crippen LogP) is 4.76. The first-order valence-electron chi connectivity index (χ1n) is 9.59. The number of carbonyl (C=O) groups is 1. The number of benzene rings is 3. The molecule has 30 heavy (non-hydrogen) atoms. The van der Waals surface area contributed by atoms with Gasteiger partial charge in [-0.1, -0.05) is 72.4 Å². The number of rotatable bonds is 6. The Morgan fingerprint density at radius 1 is 1.00 bits per heavy atom. The lowest BCUT2D eigenvalue weighted by Gasteiger charge is -2.15. The van der Waals surface area contributed by atoms with Gasteiger partial charge < -0.3 is 5.32 Å². The zero-order chi connectivity index (χ0) is 20.9. The maximum atomic E-state index is 12.9. The number of para-hydroxylation sites is 1. The SMILES string of the molecule is Cc1cccc(-n2nnnc2S[C@H](C)C(=O)Nc2ccccc2-c2ccccc2)c1. The van der Waals surface area contributed by atoms with E-state index in [0.717, 1.165) is 28.1 Å². The second-order valence-corrected chi connectivity index (χ2v) is 8.18. The molecule has 1 aromatic heterocycles. The van der Waals surface area contributed by atoms with E-state index in [0.29, 0.717) is 5.16 Å². The molecule has 0 aliphatic carbocycles. The van der Waals surface area contributed by atoms with Crippen LogP contribution in [0.1, 0.15) is 12.5 Å². The van der Waals surface area contributed by atoms with Gasteiger partial charge in [-0.3, -0.25) is 4.79 Å². The Balaban J connectivity index is 1.51. The summed E-state index contributed by atoms with van der Waals surface area (Å²) in [4.78, 5) is 12.9. The van der Waals surface area contributed by atoms with E-state index in [1.54, 1.807) is 4.68 Å². The van der Waals surface area contributed by atoms with Gasteiger partial charge in [0.05, 0.1) is 10.9 Å². The van der Waals surface area contributed by atoms with E-state index in [1.807, 2.05) is 92.7 Å². The molecule has 0 radical (unpaired) electrons. The molecule has 1 amide bonds. The van der Waals surface area contributed by atoms with Crippen LogP contribution < -0.4 is 5.32 Å². The summed E-state index contributed by atoms with van der Waals surface area (Å²) in [7, 11) is 0. The molecule has 0 unspecified atom stereocenters. The van der Waals surface area contributed by atoms with E-state index >= 15 is 0 Å². The summed E-state index contributed by atoms with van der Waals surface area (Å²) in [5.41, 5.74) is 4.79. The molecule has 6 nitrogen and oxygen atoms in total. The van der Waals surface area contributed by atoms with Crippen LogP contribution in [0, 0.1) is 6.92 Å². The highest BCUT2D eigenvalue weighted by atomic mass is 32.2. The lowest BCUT2D eigenvalue weighted by Crippen LogP contribution is -2.23. The van der Waals surface area contributed by atoms with E-state index in [-0.39, 0.29) is 11.2 Å². The van der Waals surface area contributed by atoms with Crippen molar-refractivity contribution >= 4 is 23.4 Å². The molecule has 1 N–H and O–H groups in total. The van der Waals surface area contributed by atoms with Crippen molar-refractivity contribution in [3.8, 4) is 16.8 Å². The molecule has 1 atom stereocenters. The zero-order valence-electron chi connectivity index (χ0n) is 16.7. The van der Waals surface area contributed by atoms with Crippen LogP contribution in [-0.2, 0) is 4.79 Å². The van der Waals surface area contributed by atoms with Gasteiger partial charge in [0, 0.05) is 11.3 Å². The molecule has 0 bridgehead atoms. The zero-order valence-corrected chi connectivity index (χ0v) is 17.5. The summed E-state index contributed by atoms with van der Waals surface area (Å²) in [5, 5.41) is 15.2. The minimum Gasteiger partial charge on any atom is -0.325 e. The third kappa shape index (κ3) is 4.41. The van der Waals surface area contributed by atoms with Gasteiger partial charge in [-0.25, -0.2) is 0 Å². The maximum absolute atomic E-state index is 12.9. The fourth-order valence-corrected chi connectivity index (χ4v) is 3.89. The number of hydrogen-bond donors (Lipinski definition) is 1. The van der Waals surface area contributed by atoms with Crippen molar-refractivity contribution < 1.29 is 4.79 Å². The number of aromatic nitrogens is 4. The van der Waals surface area contributed by atoms with Crippen LogP contribution in [-0.4, -0.2) is 31.4 Å². The average molecular weight is 416 g/mol. The molecule has 0 aliphatic rings. The van der Waals surface area contributed by atoms with E-state index in [2.05, 4.69) is 20.8 Å². The first-order chi connectivity index (χ1) is 14.6. The topological polar surface area (TPSA) is 72.7 Å². The molecule has 0 fully saturated rings. The first-order valence-corrected chi connectivity index (χ1v) is 10.5. The van der Waals surface area contributed by atoms with Crippen LogP contribution in [0.5, 0.6) is 0 Å². The van der Waals surface area contributed by atoms with Gasteiger partial charge in [0.2, 0.25) is 11.1 Å². The van der Waals surface area contributed by atoms with Crippen molar-refractivity contribution in [1.82, 2.24) is 20.2 Å². The Morgan fingerprint density at radius 2 is 1.77 bits per heavy atom. The summed E-state index contributed by atoms with van der Waals surface area (Å²) >= 11 is 1.32. The summed E-state index contributed by atoms with van der Waals surface area (Å²) in [6.45, 7) is 3.86. The molecule has 3 aromatic carbocycles. The van der Waals surface area contributed by atoms with Crippen LogP contribution in [0.4, 0.5) is 5.69 Å². The highest BCUT2D eigenvalue weighted by Gasteiger charge is 2.20. The molecule has 1 heterocycles. The van der Waals surface area contributed by atoms with Gasteiger partial charge in [0.25, 0.3) is 0 Å². The molecule has 0 aliphatic heterocycles. The van der Waals surface area contributed by atoms with E-state index in [4.69, 9.17) is 0 Å². The lowest BCUT2D eigenvalue weighted by atomic mass is 10.0. The summed E-state index contributed by atoms with van der Waals surface area (Å²) in [5.74, 6) is -0.109. The fourth-order valence-electron chi connectivity index (χ4n) is 3.08. The number of tetrazole rings is 1. The van der Waals surface area contributed by atoms with Crippen LogP contribution in [0.15, 0.2) is 84.0 Å². The number of anilines is 1. The second kappa shape index (κ2) is 8.92. The summed E-state index contributed by atoms with van der Waals surface area (Å²) in [6, 6.07) is 25.7. The Bertz CT molecular complexity index is 1160. The maximum Gasteiger partial charge on any atom is 0.237 e. The number of nitrogens with one attached hydrogen (secondary N) is 1. The fraction of sp³-hybridized carbons (Fsp3) is 0.130. The van der Waals surface area contributed by atoms with Gasteiger partial charge in [0.1, 0.15) is 0 Å². The molecule has 0 spiro atoms. The average Bonchev–Trinajstić information content (AvgIpc) is 3.23. The predicted molar refractivity (Wildman–Crippen MR) is 120 cm³/mol. The molecule has 0 saturated carbocycles. The summed E-state index contributed by atoms with van der Waals surface area (Å²) < 4.78 is 1.65. The lowest BCUT2D eigenvalue weighted by molar-refractivity contribution is -0.115. The second-order valence-electron chi connectivity index (χ2n) is 6.87. The molecular formula is C23H21N5OS. The van der Waals surface area contributed by atoms with Crippen LogP contribution in [0.25, 0.3) is 16.8 Å². The van der Waals surface area contributed by atoms with Crippen molar-refractivity contribution in [3.63, 3.8) is 0 Å². The molecule has 0 saturated heterocycles. The number of thioether (sulfide) groups is 1. The van der Waals surface area contributed by atoms with Crippen LogP contribution >= 0.6 is 11.8 Å². The van der Waals surface area contributed by atoms with Crippen molar-refractivity contribution in [2.75, 3.05) is 5.32 Å². The third-order valence-electron chi connectivity index (χ3n) is 4.61. The van der Waals surface area contributed by atoms with E-state index < -0.39 is 0 Å². The Morgan fingerprint density at radius 3 is 2.57 bits per heavy atom. The number of carbonyl (C=O) groups excluding carboxylic acids is 1. The van der Waals surface area contributed by atoms with Crippen LogP contribution in [0.3, 0.4) is 0 Å². The third-order valence-corrected chi connectivity index (χ3v) is 5.64. The van der Waals surface area contributed by atoms with E-state index in [1.165, 1.54) is 11.8 Å².